The molecular formula is C56H80N12O8S2. The minimum Gasteiger partial charge on any atom is -0.347 e. The summed E-state index contributed by atoms with van der Waals surface area (Å²) >= 11 is 3.27. The summed E-state index contributed by atoms with van der Waals surface area (Å²) in [5.74, 6) is -1.93. The molecule has 0 spiro atoms. The molecule has 8 N–H and O–H groups in total. The molecule has 5 saturated heterocycles. The van der Waals surface area contributed by atoms with Crippen molar-refractivity contribution in [1.29, 1.82) is 0 Å². The van der Waals surface area contributed by atoms with Crippen molar-refractivity contribution in [3.05, 3.63) is 70.8 Å². The number of likely N-dealkylation sites (N-methyl/N-ethyl adjacent to an activating group) is 2. The van der Waals surface area contributed by atoms with E-state index in [0.29, 0.717) is 89.5 Å². The number of carbonyl (C=O) groups is 8. The number of rotatable bonds is 16. The minimum absolute atomic E-state index is 0.183. The second-order valence-corrected chi connectivity index (χ2v) is 26.3. The lowest BCUT2D eigenvalue weighted by atomic mass is 9.83. The van der Waals surface area contributed by atoms with Crippen molar-refractivity contribution in [1.82, 2.24) is 62.1 Å². The summed E-state index contributed by atoms with van der Waals surface area (Å²) in [5.41, 5.74) is 2.58. The Morgan fingerprint density at radius 3 is 1.31 bits per heavy atom. The largest absolute Gasteiger partial charge is 0.347 e. The van der Waals surface area contributed by atoms with E-state index in [1.807, 2.05) is 76.2 Å². The van der Waals surface area contributed by atoms with E-state index >= 15 is 0 Å². The van der Waals surface area contributed by atoms with Gasteiger partial charge in [-0.25, -0.2) is 0 Å². The van der Waals surface area contributed by atoms with Gasteiger partial charge in [0.2, 0.25) is 47.3 Å². The van der Waals surface area contributed by atoms with E-state index in [2.05, 4.69) is 52.3 Å². The van der Waals surface area contributed by atoms with Crippen LogP contribution in [0, 0.1) is 22.7 Å². The van der Waals surface area contributed by atoms with Crippen LogP contribution in [0.4, 0.5) is 0 Å². The van der Waals surface area contributed by atoms with Crippen LogP contribution in [0.2, 0.25) is 0 Å². The maximum atomic E-state index is 14.7. The maximum absolute atomic E-state index is 14.7. The summed E-state index contributed by atoms with van der Waals surface area (Å²) in [7, 11) is 3.38. The zero-order valence-electron chi connectivity index (χ0n) is 46.3. The Labute approximate surface area is 466 Å². The fraction of sp³-hybridized carbons (Fsp3) is 0.643. The van der Waals surface area contributed by atoms with E-state index in [9.17, 15) is 38.4 Å². The molecule has 9 rings (SSSR count). The number of carbonyl (C=O) groups excluding carboxylic acids is 8. The van der Waals surface area contributed by atoms with Gasteiger partial charge in [-0.05, 0) is 111 Å². The molecule has 424 valence electrons. The van der Waals surface area contributed by atoms with Crippen LogP contribution in [-0.4, -0.2) is 179 Å². The summed E-state index contributed by atoms with van der Waals surface area (Å²) in [6.45, 7) is 14.6. The Bertz CT molecular complexity index is 2460. The highest BCUT2D eigenvalue weighted by molar-refractivity contribution is 8.00. The first-order valence-corrected chi connectivity index (χ1v) is 29.9. The summed E-state index contributed by atoms with van der Waals surface area (Å²) in [6.07, 6.45) is 3.04. The normalized spacial score (nSPS) is 30.1. The first-order valence-electron chi connectivity index (χ1n) is 27.8. The molecule has 2 aromatic rings. The topological polar surface area (TPSA) is 246 Å². The van der Waals surface area contributed by atoms with E-state index in [1.54, 1.807) is 61.3 Å². The molecule has 78 heavy (non-hydrogen) atoms. The van der Waals surface area contributed by atoms with Crippen LogP contribution in [0.5, 0.6) is 0 Å². The van der Waals surface area contributed by atoms with Gasteiger partial charge in [-0.2, -0.15) is 0 Å². The molecule has 8 amide bonds. The van der Waals surface area contributed by atoms with Crippen LogP contribution in [0.25, 0.3) is 0 Å². The molecular weight excluding hydrogens is 1030 g/mol. The Kier molecular flexibility index (Phi) is 17.5. The van der Waals surface area contributed by atoms with E-state index < -0.39 is 71.0 Å². The zero-order chi connectivity index (χ0) is 55.8. The van der Waals surface area contributed by atoms with Gasteiger partial charge < -0.3 is 52.3 Å². The molecule has 5 aliphatic heterocycles. The molecule has 0 aromatic heterocycles. The number of amides is 8. The standard InChI is InChI=1S/C56H80N12O8S2/c1-31(57-7)47(69)61-39-17-23-77-41-27-55(3,4)45(67(41)53(39)75)51(73)63-43-35-15-11-9-13-33(35)25-37(43)49(71)59-29-65-19-21-66(22-20-65)30-60-50(72)38-26-34-14-10-12-16-36(34)44(38)64-52(74)46-56(5,6)28-42-68(46)54(76)40(18-24-78-42)62-48(70)32(2)58-8/h9-16,31-32,37-46,57-58H,17-30H2,1-8H3,(H,59,71)(H,60,72)(H,61,69)(H,62,70)(H,63,73)(H,64,74)/t31-,32-,37+,38?,39-,40-,41-,42-,43-,44-,45+,46+/m0/s1. The van der Waals surface area contributed by atoms with Crippen molar-refractivity contribution in [2.75, 3.05) is 65.1 Å². The Balaban J connectivity index is 0.788. The van der Waals surface area contributed by atoms with Crippen molar-refractivity contribution >= 4 is 70.8 Å². The quantitative estimate of drug-likeness (QED) is 0.118. The molecule has 20 nitrogen and oxygen atoms in total. The van der Waals surface area contributed by atoms with Crippen LogP contribution >= 0.6 is 23.5 Å². The Morgan fingerprint density at radius 2 is 0.936 bits per heavy atom. The van der Waals surface area contributed by atoms with Crippen molar-refractivity contribution < 1.29 is 38.4 Å². The summed E-state index contributed by atoms with van der Waals surface area (Å²) < 4.78 is 0. The molecule has 1 unspecified atom stereocenters. The SMILES string of the molecule is CN[C@@H](C)C(=O)N[C@H]1CCS[C@H]2CC(C)(C)[C@@H](C(=O)N[C@H]3c4ccccc4CC3C(=O)NCN3CCN(CNC(=O)[C@@H]4Cc5ccccc5[C@@H]4NC(=O)[C@H]4N5C(=O)[C@@H](NC(=O)[C@H](C)NC)CCS[C@H]5CC4(C)C)CC3)N2C1=O. The average molecular weight is 1110 g/mol. The van der Waals surface area contributed by atoms with Crippen LogP contribution in [-0.2, 0) is 51.2 Å². The fourth-order valence-electron chi connectivity index (χ4n) is 12.8. The van der Waals surface area contributed by atoms with Crippen molar-refractivity contribution in [2.45, 2.75) is 139 Å². The van der Waals surface area contributed by atoms with Crippen LogP contribution in [0.15, 0.2) is 48.5 Å². The molecule has 2 aliphatic carbocycles. The van der Waals surface area contributed by atoms with Crippen LogP contribution in [0.3, 0.4) is 0 Å². The number of hydrogen-bond acceptors (Lipinski definition) is 14. The van der Waals surface area contributed by atoms with Gasteiger partial charge in [-0.3, -0.25) is 48.2 Å². The summed E-state index contributed by atoms with van der Waals surface area (Å²) in [4.78, 5) is 120. The number of thioether (sulfide) groups is 2. The van der Waals surface area contributed by atoms with E-state index in [1.165, 1.54) is 0 Å². The first-order chi connectivity index (χ1) is 37.2. The molecule has 0 bridgehead atoms. The van der Waals surface area contributed by atoms with E-state index in [4.69, 9.17) is 0 Å². The third-order valence-corrected chi connectivity index (χ3v) is 20.0. The van der Waals surface area contributed by atoms with Gasteiger partial charge in [0, 0.05) is 26.2 Å². The van der Waals surface area contributed by atoms with Crippen molar-refractivity contribution in [2.24, 2.45) is 22.7 Å². The van der Waals surface area contributed by atoms with Gasteiger partial charge in [0.15, 0.2) is 0 Å². The fourth-order valence-corrected chi connectivity index (χ4v) is 16.0. The Hall–Kier alpha value is -5.26. The zero-order valence-corrected chi connectivity index (χ0v) is 48.0. The van der Waals surface area contributed by atoms with Gasteiger partial charge in [0.05, 0.1) is 60.1 Å². The molecule has 0 radical (unpaired) electrons. The highest BCUT2D eigenvalue weighted by Gasteiger charge is 2.57. The predicted octanol–water partition coefficient (Wildman–Crippen LogP) is 1.18. The number of fused-ring (bicyclic) bond motifs is 4. The Morgan fingerprint density at radius 1 is 0.564 bits per heavy atom. The summed E-state index contributed by atoms with van der Waals surface area (Å²) in [6, 6.07) is 10.2. The third-order valence-electron chi connectivity index (χ3n) is 17.5. The number of hydrogen-bond donors (Lipinski definition) is 8. The molecule has 0 saturated carbocycles. The molecule has 5 fully saturated rings. The lowest BCUT2D eigenvalue weighted by molar-refractivity contribution is -0.144. The second kappa shape index (κ2) is 23.8. The van der Waals surface area contributed by atoms with Crippen molar-refractivity contribution in [3.8, 4) is 0 Å². The smallest absolute Gasteiger partial charge is 0.246 e. The number of benzene rings is 2. The van der Waals surface area contributed by atoms with Crippen LogP contribution in [0.1, 0.15) is 102 Å². The first kappa shape index (κ1) is 57.4. The number of nitrogens with zero attached hydrogens (tertiary/aromatic N) is 4. The maximum Gasteiger partial charge on any atom is 0.246 e. The summed E-state index contributed by atoms with van der Waals surface area (Å²) in [5, 5.41) is 24.1. The van der Waals surface area contributed by atoms with Crippen molar-refractivity contribution in [3.63, 3.8) is 0 Å². The molecule has 2 aromatic carbocycles. The lowest BCUT2D eigenvalue weighted by Crippen LogP contribution is -2.58. The van der Waals surface area contributed by atoms with E-state index in [-0.39, 0.29) is 58.0 Å². The van der Waals surface area contributed by atoms with Crippen LogP contribution < -0.4 is 42.5 Å². The molecule has 5 heterocycles. The molecule has 12 atom stereocenters. The molecule has 22 heteroatoms. The molecule has 7 aliphatic rings. The van der Waals surface area contributed by atoms with Gasteiger partial charge >= 0.3 is 0 Å². The van der Waals surface area contributed by atoms with E-state index in [0.717, 1.165) is 22.3 Å². The second-order valence-electron chi connectivity index (χ2n) is 23.7. The highest BCUT2D eigenvalue weighted by Crippen LogP contribution is 2.49. The third kappa shape index (κ3) is 11.8. The van der Waals surface area contributed by atoms with Gasteiger partial charge in [0.25, 0.3) is 0 Å². The predicted molar refractivity (Wildman–Crippen MR) is 299 cm³/mol. The minimum atomic E-state index is -0.810. The van der Waals surface area contributed by atoms with Gasteiger partial charge in [-0.1, -0.05) is 76.2 Å². The number of nitrogens with one attached hydrogen (secondary N) is 8. The number of piperazine rings is 1. The van der Waals surface area contributed by atoms with Gasteiger partial charge in [0.1, 0.15) is 24.2 Å². The monoisotopic (exact) mass is 1110 g/mol. The highest BCUT2D eigenvalue weighted by atomic mass is 32.2. The van der Waals surface area contributed by atoms with Gasteiger partial charge in [-0.15, -0.1) is 23.5 Å². The lowest BCUT2D eigenvalue weighted by Gasteiger charge is -2.36. The average Bonchev–Trinajstić information content (AvgIpc) is 4.19.